The molecule has 4 rings (SSSR count). The maximum atomic E-state index is 13.0. The molecule has 1 amide bonds. The molecule has 0 saturated carbocycles. The topological polar surface area (TPSA) is 72.4 Å². The molecule has 6 nitrogen and oxygen atoms in total. The maximum absolute atomic E-state index is 13.0. The van der Waals surface area contributed by atoms with Crippen LogP contribution in [0.4, 0.5) is 4.39 Å². The fraction of sp³-hybridized carbons (Fsp3) is 0.167. The van der Waals surface area contributed by atoms with E-state index in [2.05, 4.69) is 15.3 Å². The molecular formula is C18H15FN4O2S. The molecule has 26 heavy (non-hydrogen) atoms. The lowest BCUT2D eigenvalue weighted by molar-refractivity contribution is -0.121. The van der Waals surface area contributed by atoms with Gasteiger partial charge < -0.3 is 9.73 Å². The van der Waals surface area contributed by atoms with E-state index in [1.54, 1.807) is 29.7 Å². The number of hydrogen-bond acceptors (Lipinski definition) is 5. The lowest BCUT2D eigenvalue weighted by atomic mass is 10.2. The summed E-state index contributed by atoms with van der Waals surface area (Å²) in [5, 5.41) is 4.80. The lowest BCUT2D eigenvalue weighted by Gasteiger charge is -2.01. The highest BCUT2D eigenvalue weighted by atomic mass is 32.1. The van der Waals surface area contributed by atoms with Crippen molar-refractivity contribution in [1.29, 1.82) is 0 Å². The minimum atomic E-state index is -0.303. The van der Waals surface area contributed by atoms with E-state index < -0.39 is 0 Å². The number of aryl methyl sites for hydroxylation is 1. The van der Waals surface area contributed by atoms with Gasteiger partial charge in [-0.1, -0.05) is 0 Å². The number of oxazole rings is 1. The number of halogens is 1. The minimum absolute atomic E-state index is 0.0945. The van der Waals surface area contributed by atoms with Crippen molar-refractivity contribution in [3.05, 3.63) is 65.6 Å². The summed E-state index contributed by atoms with van der Waals surface area (Å²) in [7, 11) is 0. The van der Waals surface area contributed by atoms with Crippen molar-refractivity contribution in [3.63, 3.8) is 0 Å². The Bertz CT molecular complexity index is 1010. The molecule has 3 heterocycles. The van der Waals surface area contributed by atoms with Gasteiger partial charge in [0, 0.05) is 36.2 Å². The van der Waals surface area contributed by atoms with Gasteiger partial charge in [0.2, 0.25) is 5.91 Å². The summed E-state index contributed by atoms with van der Waals surface area (Å²) in [6, 6.07) is 5.99. The molecule has 132 valence electrons. The highest BCUT2D eigenvalue weighted by Gasteiger charge is 2.10. The third-order valence-electron chi connectivity index (χ3n) is 3.86. The summed E-state index contributed by atoms with van der Waals surface area (Å²) < 4.78 is 20.5. The van der Waals surface area contributed by atoms with E-state index in [1.807, 2.05) is 22.2 Å². The number of fused-ring (bicyclic) bond motifs is 1. The van der Waals surface area contributed by atoms with Gasteiger partial charge in [-0.15, -0.1) is 11.3 Å². The van der Waals surface area contributed by atoms with Crippen molar-refractivity contribution in [2.75, 3.05) is 0 Å². The largest absolute Gasteiger partial charge is 0.441 e. The van der Waals surface area contributed by atoms with Crippen LogP contribution in [0.3, 0.4) is 0 Å². The number of hydrogen-bond donors (Lipinski definition) is 1. The lowest BCUT2D eigenvalue weighted by Crippen LogP contribution is -2.23. The molecule has 4 aromatic rings. The number of nitrogens with one attached hydrogen (secondary N) is 1. The average molecular weight is 370 g/mol. The van der Waals surface area contributed by atoms with Crippen LogP contribution in [0.5, 0.6) is 0 Å². The zero-order valence-electron chi connectivity index (χ0n) is 13.7. The third-order valence-corrected chi connectivity index (χ3v) is 4.63. The average Bonchev–Trinajstić information content (AvgIpc) is 3.34. The van der Waals surface area contributed by atoms with Gasteiger partial charge in [-0.2, -0.15) is 0 Å². The van der Waals surface area contributed by atoms with Crippen molar-refractivity contribution in [3.8, 4) is 11.3 Å². The van der Waals surface area contributed by atoms with E-state index in [0.29, 0.717) is 24.6 Å². The second-order valence-corrected chi connectivity index (χ2v) is 6.60. The van der Waals surface area contributed by atoms with Crippen LogP contribution in [-0.2, 0) is 17.8 Å². The Hall–Kier alpha value is -3.00. The summed E-state index contributed by atoms with van der Waals surface area (Å²) in [4.78, 5) is 21.5. The standard InChI is InChI=1S/C18H15FN4O2S/c19-13-3-1-12(2-4-13)15-10-21-17(25-15)6-5-16(24)20-9-14-11-23-7-8-26-18(23)22-14/h1-4,7-8,10-11H,5-6,9H2,(H,20,24). The molecule has 1 N–H and O–H groups in total. The zero-order chi connectivity index (χ0) is 17.9. The van der Waals surface area contributed by atoms with Crippen LogP contribution in [0.15, 0.2) is 52.7 Å². The summed E-state index contributed by atoms with van der Waals surface area (Å²) in [5.74, 6) is 0.631. The first-order valence-corrected chi connectivity index (χ1v) is 8.94. The number of carbonyl (C=O) groups is 1. The maximum Gasteiger partial charge on any atom is 0.220 e. The summed E-state index contributed by atoms with van der Waals surface area (Å²) >= 11 is 1.55. The van der Waals surface area contributed by atoms with Crippen molar-refractivity contribution >= 4 is 22.2 Å². The van der Waals surface area contributed by atoms with Crippen LogP contribution in [0.2, 0.25) is 0 Å². The smallest absolute Gasteiger partial charge is 0.220 e. The first-order chi connectivity index (χ1) is 12.7. The van der Waals surface area contributed by atoms with Crippen LogP contribution >= 0.6 is 11.3 Å². The van der Waals surface area contributed by atoms with E-state index in [4.69, 9.17) is 4.42 Å². The summed E-state index contributed by atoms with van der Waals surface area (Å²) in [6.45, 7) is 0.389. The van der Waals surface area contributed by atoms with E-state index in [0.717, 1.165) is 16.2 Å². The molecule has 0 unspecified atom stereocenters. The molecule has 0 fully saturated rings. The number of amides is 1. The fourth-order valence-electron chi connectivity index (χ4n) is 2.53. The van der Waals surface area contributed by atoms with Crippen LogP contribution in [0, 0.1) is 5.82 Å². The molecule has 0 aliphatic carbocycles. The molecule has 0 bridgehead atoms. The summed E-state index contributed by atoms with van der Waals surface area (Å²) in [6.07, 6.45) is 6.07. The second kappa shape index (κ2) is 7.09. The molecule has 3 aromatic heterocycles. The van der Waals surface area contributed by atoms with E-state index in [1.165, 1.54) is 12.1 Å². The Morgan fingerprint density at radius 1 is 1.31 bits per heavy atom. The van der Waals surface area contributed by atoms with Crippen LogP contribution < -0.4 is 5.32 Å². The van der Waals surface area contributed by atoms with Crippen molar-refractivity contribution in [1.82, 2.24) is 19.7 Å². The monoisotopic (exact) mass is 370 g/mol. The second-order valence-electron chi connectivity index (χ2n) is 5.73. The minimum Gasteiger partial charge on any atom is -0.441 e. The van der Waals surface area contributed by atoms with Gasteiger partial charge in [-0.05, 0) is 24.3 Å². The highest BCUT2D eigenvalue weighted by Crippen LogP contribution is 2.21. The number of carbonyl (C=O) groups excluding carboxylic acids is 1. The molecule has 1 aromatic carbocycles. The van der Waals surface area contributed by atoms with Gasteiger partial charge in [0.1, 0.15) is 5.82 Å². The zero-order valence-corrected chi connectivity index (χ0v) is 14.5. The molecule has 0 atom stereocenters. The molecule has 0 aliphatic rings. The van der Waals surface area contributed by atoms with Crippen molar-refractivity contribution in [2.24, 2.45) is 0 Å². The van der Waals surface area contributed by atoms with Gasteiger partial charge >= 0.3 is 0 Å². The van der Waals surface area contributed by atoms with Crippen LogP contribution in [-0.4, -0.2) is 20.3 Å². The van der Waals surface area contributed by atoms with Gasteiger partial charge in [0.25, 0.3) is 0 Å². The quantitative estimate of drug-likeness (QED) is 0.564. The molecule has 0 spiro atoms. The van der Waals surface area contributed by atoms with E-state index in [9.17, 15) is 9.18 Å². The normalized spacial score (nSPS) is 11.1. The SMILES string of the molecule is O=C(CCc1ncc(-c2ccc(F)cc2)o1)NCc1cn2ccsc2n1. The number of rotatable bonds is 6. The molecule has 8 heteroatoms. The van der Waals surface area contributed by atoms with Gasteiger partial charge in [-0.25, -0.2) is 14.4 Å². The summed E-state index contributed by atoms with van der Waals surface area (Å²) in [5.41, 5.74) is 1.56. The first-order valence-electron chi connectivity index (χ1n) is 8.06. The molecule has 0 saturated heterocycles. The van der Waals surface area contributed by atoms with Crippen molar-refractivity contribution < 1.29 is 13.6 Å². The number of nitrogens with zero attached hydrogens (tertiary/aromatic N) is 3. The number of imidazole rings is 1. The van der Waals surface area contributed by atoms with E-state index >= 15 is 0 Å². The van der Waals surface area contributed by atoms with Crippen molar-refractivity contribution in [2.45, 2.75) is 19.4 Å². The Morgan fingerprint density at radius 2 is 2.15 bits per heavy atom. The number of thiazole rings is 1. The highest BCUT2D eigenvalue weighted by molar-refractivity contribution is 7.15. The predicted octanol–water partition coefficient (Wildman–Crippen LogP) is 3.44. The van der Waals surface area contributed by atoms with Crippen LogP contribution in [0.25, 0.3) is 16.3 Å². The Balaban J connectivity index is 1.29. The van der Waals surface area contributed by atoms with Gasteiger partial charge in [0.05, 0.1) is 18.4 Å². The molecular weight excluding hydrogens is 355 g/mol. The first kappa shape index (κ1) is 16.5. The number of aromatic nitrogens is 3. The van der Waals surface area contributed by atoms with Gasteiger partial charge in [-0.3, -0.25) is 9.20 Å². The predicted molar refractivity (Wildman–Crippen MR) is 95.1 cm³/mol. The Morgan fingerprint density at radius 3 is 2.96 bits per heavy atom. The van der Waals surface area contributed by atoms with Gasteiger partial charge in [0.15, 0.2) is 16.6 Å². The molecule has 0 aliphatic heterocycles. The Kier molecular flexibility index (Phi) is 4.49. The number of benzene rings is 1. The van der Waals surface area contributed by atoms with E-state index in [-0.39, 0.29) is 18.1 Å². The fourth-order valence-corrected chi connectivity index (χ4v) is 3.25. The Labute approximate surface area is 152 Å². The third kappa shape index (κ3) is 3.65. The molecule has 0 radical (unpaired) electrons. The van der Waals surface area contributed by atoms with Crippen LogP contribution in [0.1, 0.15) is 18.0 Å².